The van der Waals surface area contributed by atoms with E-state index in [1.165, 1.54) is 24.2 Å². The minimum Gasteiger partial charge on any atom is -0.409 e. The number of amidine groups is 1. The molecule has 0 aromatic carbocycles. The predicted molar refractivity (Wildman–Crippen MR) is 59.2 cm³/mol. The Balaban J connectivity index is 2.95. The number of halogens is 1. The fraction of sp³-hybridized carbons (Fsp3) is 0.300. The second-order valence-corrected chi connectivity index (χ2v) is 3.47. The lowest BCUT2D eigenvalue weighted by atomic mass is 10.2. The average Bonchev–Trinajstić information content (AvgIpc) is 2.35. The van der Waals surface area contributed by atoms with Gasteiger partial charge < -0.3 is 15.8 Å². The van der Waals surface area contributed by atoms with Gasteiger partial charge in [0, 0.05) is 13.2 Å². The summed E-state index contributed by atoms with van der Waals surface area (Å²) >= 11 is 0. The fourth-order valence-electron chi connectivity index (χ4n) is 1.20. The molecule has 0 aliphatic heterocycles. The van der Waals surface area contributed by atoms with Crippen LogP contribution in [0, 0.1) is 5.82 Å². The van der Waals surface area contributed by atoms with Gasteiger partial charge in [0.15, 0.2) is 11.7 Å². The Hall–Kier alpha value is -2.18. The van der Waals surface area contributed by atoms with E-state index in [2.05, 4.69) is 10.1 Å². The monoisotopic (exact) mass is 240 g/mol. The van der Waals surface area contributed by atoms with Gasteiger partial charge in [0.1, 0.15) is 0 Å². The Morgan fingerprint density at radius 3 is 2.88 bits per heavy atom. The molecule has 1 atom stereocenters. The maximum Gasteiger partial charge on any atom is 0.257 e. The minimum atomic E-state index is -0.712. The molecule has 0 saturated heterocycles. The number of hydrogen-bond donors (Lipinski definition) is 2. The number of nitrogens with two attached hydrogens (primary N) is 1. The number of pyridine rings is 1. The van der Waals surface area contributed by atoms with Gasteiger partial charge in [0.2, 0.25) is 0 Å². The normalized spacial score (nSPS) is 13.2. The molecule has 1 unspecified atom stereocenters. The number of likely N-dealkylation sites (N-methyl/N-ethyl adjacent to an activating group) is 1. The molecule has 0 fully saturated rings. The number of carbonyl (C=O) groups excluding carboxylic acids is 1. The van der Waals surface area contributed by atoms with Gasteiger partial charge in [-0.05, 0) is 13.0 Å². The van der Waals surface area contributed by atoms with Gasteiger partial charge in [-0.15, -0.1) is 0 Å². The first-order chi connectivity index (χ1) is 7.99. The van der Waals surface area contributed by atoms with Crippen LogP contribution in [0.25, 0.3) is 0 Å². The summed E-state index contributed by atoms with van der Waals surface area (Å²) in [6.07, 6.45) is 2.27. The number of hydrogen-bond acceptors (Lipinski definition) is 4. The molecule has 0 bridgehead atoms. The van der Waals surface area contributed by atoms with Gasteiger partial charge >= 0.3 is 0 Å². The first-order valence-corrected chi connectivity index (χ1v) is 4.83. The van der Waals surface area contributed by atoms with Gasteiger partial charge in [-0.25, -0.2) is 4.39 Å². The molecule has 0 aliphatic rings. The summed E-state index contributed by atoms with van der Waals surface area (Å²) in [5.74, 6) is -1.41. The summed E-state index contributed by atoms with van der Waals surface area (Å²) < 4.78 is 13.3. The molecule has 3 N–H and O–H groups in total. The van der Waals surface area contributed by atoms with Crippen LogP contribution in [0.15, 0.2) is 23.6 Å². The molecule has 1 amide bonds. The number of aromatic nitrogens is 1. The van der Waals surface area contributed by atoms with Gasteiger partial charge in [-0.2, -0.15) is 0 Å². The molecule has 92 valence electrons. The third-order valence-corrected chi connectivity index (χ3v) is 2.45. The number of carbonyl (C=O) groups is 1. The highest BCUT2D eigenvalue weighted by Crippen LogP contribution is 2.09. The summed E-state index contributed by atoms with van der Waals surface area (Å²) in [6, 6.07) is 0.632. The molecule has 1 heterocycles. The highest BCUT2D eigenvalue weighted by molar-refractivity contribution is 5.98. The highest BCUT2D eigenvalue weighted by atomic mass is 19.1. The van der Waals surface area contributed by atoms with Crippen LogP contribution in [0.5, 0.6) is 0 Å². The number of rotatable bonds is 3. The predicted octanol–water partition coefficient (Wildman–Crippen LogP) is 0.428. The van der Waals surface area contributed by atoms with Gasteiger partial charge in [-0.3, -0.25) is 9.78 Å². The van der Waals surface area contributed by atoms with Crippen LogP contribution in [0.1, 0.15) is 17.3 Å². The van der Waals surface area contributed by atoms with Crippen LogP contribution < -0.4 is 5.73 Å². The van der Waals surface area contributed by atoms with Gasteiger partial charge in [0.25, 0.3) is 5.91 Å². The van der Waals surface area contributed by atoms with Crippen molar-refractivity contribution >= 4 is 11.7 Å². The van der Waals surface area contributed by atoms with E-state index in [4.69, 9.17) is 10.9 Å². The first kappa shape index (κ1) is 12.9. The molecule has 17 heavy (non-hydrogen) atoms. The van der Waals surface area contributed by atoms with Crippen molar-refractivity contribution in [3.05, 3.63) is 29.8 Å². The maximum absolute atomic E-state index is 13.3. The number of oxime groups is 1. The molecule has 0 aliphatic carbocycles. The summed E-state index contributed by atoms with van der Waals surface area (Å²) in [7, 11) is 1.44. The molecule has 1 rings (SSSR count). The lowest BCUT2D eigenvalue weighted by Crippen LogP contribution is -2.44. The largest absolute Gasteiger partial charge is 0.409 e. The van der Waals surface area contributed by atoms with E-state index in [1.807, 2.05) is 0 Å². The Bertz CT molecular complexity index is 450. The molecular weight excluding hydrogens is 227 g/mol. The van der Waals surface area contributed by atoms with E-state index >= 15 is 0 Å². The Labute approximate surface area is 97.5 Å². The zero-order valence-corrected chi connectivity index (χ0v) is 9.46. The van der Waals surface area contributed by atoms with Crippen molar-refractivity contribution in [1.82, 2.24) is 9.88 Å². The van der Waals surface area contributed by atoms with Crippen molar-refractivity contribution < 1.29 is 14.4 Å². The number of nitrogens with zero attached hydrogens (tertiary/aromatic N) is 3. The lowest BCUT2D eigenvalue weighted by Gasteiger charge is -2.23. The Morgan fingerprint density at radius 1 is 1.71 bits per heavy atom. The van der Waals surface area contributed by atoms with Crippen LogP contribution in [0.2, 0.25) is 0 Å². The Kier molecular flexibility index (Phi) is 3.97. The minimum absolute atomic E-state index is 0.111. The van der Waals surface area contributed by atoms with Crippen molar-refractivity contribution in [2.45, 2.75) is 13.0 Å². The third-order valence-electron chi connectivity index (χ3n) is 2.45. The SMILES string of the molecule is CC(C(N)=NO)N(C)C(=O)c1ccncc1F. The highest BCUT2D eigenvalue weighted by Gasteiger charge is 2.22. The van der Waals surface area contributed by atoms with Crippen LogP contribution in [-0.4, -0.2) is 39.9 Å². The van der Waals surface area contributed by atoms with Crippen molar-refractivity contribution in [3.63, 3.8) is 0 Å². The van der Waals surface area contributed by atoms with E-state index in [0.717, 1.165) is 6.20 Å². The van der Waals surface area contributed by atoms with Crippen molar-refractivity contribution in [2.75, 3.05) is 7.05 Å². The second kappa shape index (κ2) is 5.24. The van der Waals surface area contributed by atoms with Crippen molar-refractivity contribution in [3.8, 4) is 0 Å². The molecule has 1 aromatic rings. The zero-order chi connectivity index (χ0) is 13.0. The lowest BCUT2D eigenvalue weighted by molar-refractivity contribution is 0.0771. The van der Waals surface area contributed by atoms with Crippen LogP contribution in [-0.2, 0) is 0 Å². The molecular formula is C10H13FN4O2. The molecule has 0 spiro atoms. The van der Waals surface area contributed by atoms with E-state index in [0.29, 0.717) is 0 Å². The zero-order valence-electron chi connectivity index (χ0n) is 9.46. The van der Waals surface area contributed by atoms with E-state index in [1.54, 1.807) is 6.92 Å². The first-order valence-electron chi connectivity index (χ1n) is 4.83. The van der Waals surface area contributed by atoms with Gasteiger partial charge in [-0.1, -0.05) is 5.16 Å². The van der Waals surface area contributed by atoms with Crippen LogP contribution >= 0.6 is 0 Å². The van der Waals surface area contributed by atoms with E-state index in [9.17, 15) is 9.18 Å². The summed E-state index contributed by atoms with van der Waals surface area (Å²) in [5.41, 5.74) is 5.26. The standard InChI is InChI=1S/C10H13FN4O2/c1-6(9(12)14-17)15(2)10(16)7-3-4-13-5-8(7)11/h3-6,17H,1-2H3,(H2,12,14). The van der Waals surface area contributed by atoms with Crippen LogP contribution in [0.4, 0.5) is 4.39 Å². The van der Waals surface area contributed by atoms with Crippen molar-refractivity contribution in [1.29, 1.82) is 0 Å². The third kappa shape index (κ3) is 2.68. The molecule has 7 heteroatoms. The molecule has 0 radical (unpaired) electrons. The summed E-state index contributed by atoms with van der Waals surface area (Å²) in [5, 5.41) is 11.3. The topological polar surface area (TPSA) is 91.8 Å². The van der Waals surface area contributed by atoms with E-state index < -0.39 is 17.8 Å². The Morgan fingerprint density at radius 2 is 2.35 bits per heavy atom. The smallest absolute Gasteiger partial charge is 0.257 e. The maximum atomic E-state index is 13.3. The van der Waals surface area contributed by atoms with Crippen LogP contribution in [0.3, 0.4) is 0 Å². The van der Waals surface area contributed by atoms with E-state index in [-0.39, 0.29) is 11.4 Å². The molecule has 1 aromatic heterocycles. The average molecular weight is 240 g/mol. The summed E-state index contributed by atoms with van der Waals surface area (Å²) in [4.78, 5) is 16.6. The fourth-order valence-corrected chi connectivity index (χ4v) is 1.20. The second-order valence-electron chi connectivity index (χ2n) is 3.47. The summed E-state index contributed by atoms with van der Waals surface area (Å²) in [6.45, 7) is 1.56. The quantitative estimate of drug-likeness (QED) is 0.347. The number of amides is 1. The molecule has 6 nitrogen and oxygen atoms in total. The van der Waals surface area contributed by atoms with Crippen molar-refractivity contribution in [2.24, 2.45) is 10.9 Å². The molecule has 0 saturated carbocycles. The van der Waals surface area contributed by atoms with Gasteiger partial charge in [0.05, 0.1) is 17.8 Å².